The Bertz CT molecular complexity index is 527. The second-order valence-corrected chi connectivity index (χ2v) is 5.06. The summed E-state index contributed by atoms with van der Waals surface area (Å²) in [6, 6.07) is 5.60. The van der Waals surface area contributed by atoms with Crippen molar-refractivity contribution >= 4 is 17.6 Å². The minimum absolute atomic E-state index is 0.0520. The summed E-state index contributed by atoms with van der Waals surface area (Å²) < 4.78 is 5.68. The summed E-state index contributed by atoms with van der Waals surface area (Å²) in [6.45, 7) is 4.74. The van der Waals surface area contributed by atoms with Crippen LogP contribution in [0.3, 0.4) is 0 Å². The van der Waals surface area contributed by atoms with Crippen LogP contribution in [0, 0.1) is 12.8 Å². The summed E-state index contributed by atoms with van der Waals surface area (Å²) >= 11 is 0. The number of carbonyl (C=O) groups is 2. The van der Waals surface area contributed by atoms with Gasteiger partial charge >= 0.3 is 5.97 Å². The first kappa shape index (κ1) is 14.4. The number of amides is 1. The van der Waals surface area contributed by atoms with Crippen LogP contribution < -0.4 is 9.64 Å². The number of hydrogen-bond donors (Lipinski definition) is 1. The largest absolute Gasteiger partial charge is 0.491 e. The molecule has 1 unspecified atom stereocenters. The van der Waals surface area contributed by atoms with Gasteiger partial charge < -0.3 is 14.7 Å². The van der Waals surface area contributed by atoms with Gasteiger partial charge in [0.1, 0.15) is 5.75 Å². The molecule has 5 nitrogen and oxygen atoms in total. The molecule has 0 bridgehead atoms. The van der Waals surface area contributed by atoms with Gasteiger partial charge in [-0.05, 0) is 31.0 Å². The number of aryl methyl sites for hydroxylation is 1. The van der Waals surface area contributed by atoms with E-state index in [9.17, 15) is 9.59 Å². The topological polar surface area (TPSA) is 66.8 Å². The number of carboxylic acid groups (broad SMARTS) is 1. The Morgan fingerprint density at radius 1 is 1.50 bits per heavy atom. The zero-order chi connectivity index (χ0) is 14.7. The second-order valence-electron chi connectivity index (χ2n) is 5.06. The fourth-order valence-electron chi connectivity index (χ4n) is 2.28. The number of carboxylic acids is 1. The van der Waals surface area contributed by atoms with Crippen LogP contribution in [0.4, 0.5) is 5.69 Å². The summed E-state index contributed by atoms with van der Waals surface area (Å²) in [7, 11) is 0. The van der Waals surface area contributed by atoms with Gasteiger partial charge in [-0.2, -0.15) is 0 Å². The summed E-state index contributed by atoms with van der Waals surface area (Å²) in [4.78, 5) is 24.5. The van der Waals surface area contributed by atoms with Crippen LogP contribution in [-0.4, -0.2) is 30.1 Å². The Kier molecular flexibility index (Phi) is 4.27. The van der Waals surface area contributed by atoms with E-state index in [1.807, 2.05) is 32.0 Å². The molecule has 0 aromatic heterocycles. The van der Waals surface area contributed by atoms with Gasteiger partial charge in [-0.15, -0.1) is 0 Å². The molecule has 1 saturated heterocycles. The van der Waals surface area contributed by atoms with Crippen molar-refractivity contribution in [2.45, 2.75) is 26.7 Å². The smallest absolute Gasteiger partial charge is 0.308 e. The molecule has 108 valence electrons. The Morgan fingerprint density at radius 2 is 2.25 bits per heavy atom. The van der Waals surface area contributed by atoms with Crippen LogP contribution in [-0.2, 0) is 9.59 Å². The third-order valence-corrected chi connectivity index (χ3v) is 3.34. The molecule has 0 radical (unpaired) electrons. The van der Waals surface area contributed by atoms with E-state index in [0.717, 1.165) is 12.0 Å². The molecule has 2 rings (SSSR count). The van der Waals surface area contributed by atoms with Gasteiger partial charge in [0.05, 0.1) is 18.2 Å². The molecule has 1 aliphatic rings. The van der Waals surface area contributed by atoms with Crippen LogP contribution >= 0.6 is 0 Å². The zero-order valence-electron chi connectivity index (χ0n) is 11.8. The van der Waals surface area contributed by atoms with Gasteiger partial charge in [-0.1, -0.05) is 13.0 Å². The Labute approximate surface area is 118 Å². The van der Waals surface area contributed by atoms with Crippen molar-refractivity contribution in [2.75, 3.05) is 18.1 Å². The average molecular weight is 277 g/mol. The van der Waals surface area contributed by atoms with Crippen LogP contribution in [0.5, 0.6) is 5.75 Å². The number of anilines is 1. The lowest BCUT2D eigenvalue weighted by Gasteiger charge is -2.20. The molecule has 1 N–H and O–H groups in total. The van der Waals surface area contributed by atoms with Crippen LogP contribution in [0.25, 0.3) is 0 Å². The molecular formula is C15H19NO4. The van der Waals surface area contributed by atoms with E-state index in [1.165, 1.54) is 4.90 Å². The van der Waals surface area contributed by atoms with Crippen molar-refractivity contribution in [3.8, 4) is 5.75 Å². The molecule has 1 aromatic carbocycles. The third kappa shape index (κ3) is 2.92. The Morgan fingerprint density at radius 3 is 2.85 bits per heavy atom. The van der Waals surface area contributed by atoms with Crippen molar-refractivity contribution in [3.63, 3.8) is 0 Å². The molecule has 1 fully saturated rings. The van der Waals surface area contributed by atoms with Crippen LogP contribution in [0.2, 0.25) is 0 Å². The van der Waals surface area contributed by atoms with Crippen molar-refractivity contribution in [1.29, 1.82) is 0 Å². The highest BCUT2D eigenvalue weighted by Crippen LogP contribution is 2.34. The minimum atomic E-state index is -0.927. The van der Waals surface area contributed by atoms with E-state index in [4.69, 9.17) is 9.84 Å². The number of benzene rings is 1. The van der Waals surface area contributed by atoms with Gasteiger partial charge in [-0.25, -0.2) is 0 Å². The number of rotatable bonds is 5. The summed E-state index contributed by atoms with van der Waals surface area (Å²) in [5, 5.41) is 9.04. The zero-order valence-corrected chi connectivity index (χ0v) is 11.8. The quantitative estimate of drug-likeness (QED) is 0.896. The van der Waals surface area contributed by atoms with E-state index >= 15 is 0 Å². The highest BCUT2D eigenvalue weighted by Gasteiger charge is 2.36. The molecule has 1 atom stereocenters. The lowest BCUT2D eigenvalue weighted by molar-refractivity contribution is -0.141. The molecule has 0 aliphatic carbocycles. The number of carbonyl (C=O) groups excluding carboxylic acids is 1. The van der Waals surface area contributed by atoms with Gasteiger partial charge in [0.15, 0.2) is 0 Å². The number of ether oxygens (including phenoxy) is 1. The SMILES string of the molecule is CCCOc1cc(C)ccc1N1CC(C(=O)O)CC1=O. The maximum absolute atomic E-state index is 12.0. The van der Waals surface area contributed by atoms with Crippen molar-refractivity contribution in [1.82, 2.24) is 0 Å². The first-order valence-corrected chi connectivity index (χ1v) is 6.79. The standard InChI is InChI=1S/C15H19NO4/c1-3-6-20-13-7-10(2)4-5-12(13)16-9-11(15(18)19)8-14(16)17/h4-5,7,11H,3,6,8-9H2,1-2H3,(H,18,19). The summed E-state index contributed by atoms with van der Waals surface area (Å²) in [6.07, 6.45) is 0.926. The van der Waals surface area contributed by atoms with E-state index in [2.05, 4.69) is 0 Å². The molecule has 5 heteroatoms. The average Bonchev–Trinajstić information content (AvgIpc) is 2.79. The van der Waals surface area contributed by atoms with Gasteiger partial charge in [0, 0.05) is 13.0 Å². The van der Waals surface area contributed by atoms with Crippen molar-refractivity contribution in [2.24, 2.45) is 5.92 Å². The summed E-state index contributed by atoms with van der Waals surface area (Å²) in [5.74, 6) is -1.08. The molecule has 1 aromatic rings. The second kappa shape index (κ2) is 5.94. The van der Waals surface area contributed by atoms with Crippen molar-refractivity contribution < 1.29 is 19.4 Å². The lowest BCUT2D eigenvalue weighted by Crippen LogP contribution is -2.26. The Balaban J connectivity index is 2.27. The van der Waals surface area contributed by atoms with Gasteiger partial charge in [-0.3, -0.25) is 9.59 Å². The molecule has 1 heterocycles. The highest BCUT2D eigenvalue weighted by molar-refractivity contribution is 6.00. The first-order chi connectivity index (χ1) is 9.52. The third-order valence-electron chi connectivity index (χ3n) is 3.34. The number of nitrogens with zero attached hydrogens (tertiary/aromatic N) is 1. The molecule has 1 amide bonds. The van der Waals surface area contributed by atoms with Crippen LogP contribution in [0.15, 0.2) is 18.2 Å². The summed E-state index contributed by atoms with van der Waals surface area (Å²) in [5.41, 5.74) is 1.71. The van der Waals surface area contributed by atoms with E-state index in [0.29, 0.717) is 18.0 Å². The lowest BCUT2D eigenvalue weighted by atomic mass is 10.1. The molecular weight excluding hydrogens is 258 g/mol. The van der Waals surface area contributed by atoms with Gasteiger partial charge in [0.2, 0.25) is 5.91 Å². The van der Waals surface area contributed by atoms with E-state index in [1.54, 1.807) is 0 Å². The minimum Gasteiger partial charge on any atom is -0.491 e. The fraction of sp³-hybridized carbons (Fsp3) is 0.467. The van der Waals surface area contributed by atoms with Gasteiger partial charge in [0.25, 0.3) is 0 Å². The van der Waals surface area contributed by atoms with E-state index in [-0.39, 0.29) is 18.9 Å². The molecule has 20 heavy (non-hydrogen) atoms. The number of aliphatic carboxylic acids is 1. The maximum atomic E-state index is 12.0. The first-order valence-electron chi connectivity index (χ1n) is 6.79. The monoisotopic (exact) mass is 277 g/mol. The van der Waals surface area contributed by atoms with Crippen molar-refractivity contribution in [3.05, 3.63) is 23.8 Å². The van der Waals surface area contributed by atoms with Crippen LogP contribution in [0.1, 0.15) is 25.3 Å². The molecule has 0 saturated carbocycles. The fourth-order valence-corrected chi connectivity index (χ4v) is 2.28. The predicted molar refractivity (Wildman–Crippen MR) is 75.1 cm³/mol. The Hall–Kier alpha value is -2.04. The maximum Gasteiger partial charge on any atom is 0.308 e. The molecule has 1 aliphatic heterocycles. The highest BCUT2D eigenvalue weighted by atomic mass is 16.5. The number of hydrogen-bond acceptors (Lipinski definition) is 3. The van der Waals surface area contributed by atoms with E-state index < -0.39 is 11.9 Å². The predicted octanol–water partition coefficient (Wildman–Crippen LogP) is 2.22. The molecule has 0 spiro atoms. The normalized spacial score (nSPS) is 18.4.